The molecule has 0 fully saturated rings. The Kier molecular flexibility index (Phi) is 4.74. The lowest BCUT2D eigenvalue weighted by molar-refractivity contribution is 0.0690. The first-order chi connectivity index (χ1) is 12.0. The van der Waals surface area contributed by atoms with Crippen molar-refractivity contribution in [1.29, 1.82) is 0 Å². The number of carboxylic acid groups (broad SMARTS) is 1. The summed E-state index contributed by atoms with van der Waals surface area (Å²) in [4.78, 5) is 12.7. The SMILES string of the molecule is O=C(O)c1cc(N(Cc2ccccc2F)Cc2ccccc2F)[nH]n1. The van der Waals surface area contributed by atoms with Crippen LogP contribution in [0.15, 0.2) is 54.6 Å². The second-order valence-corrected chi connectivity index (χ2v) is 5.48. The first-order valence-corrected chi connectivity index (χ1v) is 7.55. The smallest absolute Gasteiger partial charge is 0.356 e. The number of carboxylic acids is 1. The second-order valence-electron chi connectivity index (χ2n) is 5.48. The molecule has 0 radical (unpaired) electrons. The van der Waals surface area contributed by atoms with Crippen LogP contribution in [0.3, 0.4) is 0 Å². The molecule has 1 aromatic heterocycles. The number of benzene rings is 2. The number of aromatic nitrogens is 2. The number of anilines is 1. The number of hydrogen-bond acceptors (Lipinski definition) is 3. The van der Waals surface area contributed by atoms with Crippen molar-refractivity contribution in [3.05, 3.63) is 83.1 Å². The molecule has 0 bridgehead atoms. The van der Waals surface area contributed by atoms with E-state index in [-0.39, 0.29) is 30.4 Å². The average Bonchev–Trinajstić information content (AvgIpc) is 3.08. The molecule has 0 saturated carbocycles. The molecule has 5 nitrogen and oxygen atoms in total. The molecule has 1 heterocycles. The number of aromatic amines is 1. The summed E-state index contributed by atoms with van der Waals surface area (Å²) >= 11 is 0. The second kappa shape index (κ2) is 7.12. The summed E-state index contributed by atoms with van der Waals surface area (Å²) < 4.78 is 28.0. The number of H-pyrrole nitrogens is 1. The lowest BCUT2D eigenvalue weighted by atomic mass is 10.1. The first kappa shape index (κ1) is 16.6. The van der Waals surface area contributed by atoms with Gasteiger partial charge in [0, 0.05) is 30.3 Å². The minimum Gasteiger partial charge on any atom is -0.476 e. The van der Waals surface area contributed by atoms with Crippen LogP contribution in [0.4, 0.5) is 14.6 Å². The van der Waals surface area contributed by atoms with E-state index in [0.717, 1.165) is 0 Å². The first-order valence-electron chi connectivity index (χ1n) is 7.55. The maximum absolute atomic E-state index is 14.0. The van der Waals surface area contributed by atoms with Crippen LogP contribution in [-0.4, -0.2) is 21.3 Å². The molecule has 3 rings (SSSR count). The molecule has 0 saturated heterocycles. The quantitative estimate of drug-likeness (QED) is 0.718. The molecule has 0 spiro atoms. The van der Waals surface area contributed by atoms with Gasteiger partial charge in [-0.3, -0.25) is 5.10 Å². The van der Waals surface area contributed by atoms with Gasteiger partial charge in [0.15, 0.2) is 5.69 Å². The van der Waals surface area contributed by atoms with Crippen LogP contribution < -0.4 is 4.90 Å². The molecule has 0 aliphatic heterocycles. The molecule has 0 amide bonds. The zero-order chi connectivity index (χ0) is 17.8. The fourth-order valence-corrected chi connectivity index (χ4v) is 2.47. The summed E-state index contributed by atoms with van der Waals surface area (Å²) in [7, 11) is 0. The maximum Gasteiger partial charge on any atom is 0.356 e. The summed E-state index contributed by atoms with van der Waals surface area (Å²) in [5, 5.41) is 15.4. The molecule has 2 N–H and O–H groups in total. The van der Waals surface area contributed by atoms with Crippen molar-refractivity contribution < 1.29 is 18.7 Å². The van der Waals surface area contributed by atoms with Gasteiger partial charge in [0.1, 0.15) is 17.5 Å². The monoisotopic (exact) mass is 343 g/mol. The summed E-state index contributed by atoms with van der Waals surface area (Å²) in [5.74, 6) is -1.60. The molecule has 0 unspecified atom stereocenters. The fourth-order valence-electron chi connectivity index (χ4n) is 2.47. The Morgan fingerprint density at radius 1 is 1.00 bits per heavy atom. The van der Waals surface area contributed by atoms with E-state index in [2.05, 4.69) is 10.2 Å². The largest absolute Gasteiger partial charge is 0.476 e. The van der Waals surface area contributed by atoms with Crippen LogP contribution in [0.5, 0.6) is 0 Å². The van der Waals surface area contributed by atoms with Crippen LogP contribution in [0.25, 0.3) is 0 Å². The van der Waals surface area contributed by atoms with Gasteiger partial charge in [0.05, 0.1) is 0 Å². The Hall–Kier alpha value is -3.22. The lowest BCUT2D eigenvalue weighted by Gasteiger charge is -2.23. The van der Waals surface area contributed by atoms with Gasteiger partial charge in [0.25, 0.3) is 0 Å². The standard InChI is InChI=1S/C18H15F2N3O2/c19-14-7-3-1-5-12(14)10-23(11-13-6-2-4-8-15(13)20)17-9-16(18(24)25)21-22-17/h1-9H,10-11H2,(H,21,22)(H,24,25). The van der Waals surface area contributed by atoms with Crippen molar-refractivity contribution in [3.8, 4) is 0 Å². The lowest BCUT2D eigenvalue weighted by Crippen LogP contribution is -2.23. The summed E-state index contributed by atoms with van der Waals surface area (Å²) in [6, 6.07) is 13.8. The third-order valence-corrected chi connectivity index (χ3v) is 3.76. The third kappa shape index (κ3) is 3.82. The predicted molar refractivity (Wildman–Crippen MR) is 88.2 cm³/mol. The van der Waals surface area contributed by atoms with Crippen LogP contribution in [0.1, 0.15) is 21.6 Å². The Balaban J connectivity index is 1.94. The van der Waals surface area contributed by atoms with E-state index in [4.69, 9.17) is 5.11 Å². The van der Waals surface area contributed by atoms with Crippen LogP contribution >= 0.6 is 0 Å². The highest BCUT2D eigenvalue weighted by Gasteiger charge is 2.17. The highest BCUT2D eigenvalue weighted by Crippen LogP contribution is 2.21. The summed E-state index contributed by atoms with van der Waals surface area (Å²) in [6.07, 6.45) is 0. The molecule has 25 heavy (non-hydrogen) atoms. The van der Waals surface area contributed by atoms with Crippen LogP contribution in [-0.2, 0) is 13.1 Å². The topological polar surface area (TPSA) is 69.2 Å². The van der Waals surface area contributed by atoms with E-state index in [1.807, 2.05) is 0 Å². The molecule has 0 aliphatic rings. The molecule has 0 aliphatic carbocycles. The zero-order valence-corrected chi connectivity index (χ0v) is 13.1. The number of rotatable bonds is 6. The number of nitrogens with one attached hydrogen (secondary N) is 1. The molecule has 2 aromatic carbocycles. The van der Waals surface area contributed by atoms with Gasteiger partial charge >= 0.3 is 5.97 Å². The van der Waals surface area contributed by atoms with Crippen molar-refractivity contribution in [2.75, 3.05) is 4.90 Å². The summed E-state index contributed by atoms with van der Waals surface area (Å²) in [6.45, 7) is 0.254. The minimum atomic E-state index is -1.18. The van der Waals surface area contributed by atoms with Crippen LogP contribution in [0, 0.1) is 11.6 Å². The molecule has 0 atom stereocenters. The fraction of sp³-hybridized carbons (Fsp3) is 0.111. The molecule has 3 aromatic rings. The summed E-state index contributed by atoms with van der Waals surface area (Å²) in [5.41, 5.74) is 0.651. The van der Waals surface area contributed by atoms with Crippen molar-refractivity contribution >= 4 is 11.8 Å². The van der Waals surface area contributed by atoms with E-state index in [0.29, 0.717) is 16.9 Å². The minimum absolute atomic E-state index is 0.127. The average molecular weight is 343 g/mol. The number of nitrogens with zero attached hydrogens (tertiary/aromatic N) is 2. The number of carbonyl (C=O) groups is 1. The van der Waals surface area contributed by atoms with Gasteiger partial charge in [-0.2, -0.15) is 5.10 Å². The maximum atomic E-state index is 14.0. The third-order valence-electron chi connectivity index (χ3n) is 3.76. The number of hydrogen-bond donors (Lipinski definition) is 2. The zero-order valence-electron chi connectivity index (χ0n) is 13.1. The highest BCUT2D eigenvalue weighted by molar-refractivity contribution is 5.86. The Morgan fingerprint density at radius 2 is 1.52 bits per heavy atom. The van der Waals surface area contributed by atoms with Crippen LogP contribution in [0.2, 0.25) is 0 Å². The normalized spacial score (nSPS) is 10.6. The molecule has 128 valence electrons. The van der Waals surface area contributed by atoms with Gasteiger partial charge in [-0.25, -0.2) is 13.6 Å². The highest BCUT2D eigenvalue weighted by atomic mass is 19.1. The van der Waals surface area contributed by atoms with Crippen molar-refractivity contribution in [1.82, 2.24) is 10.2 Å². The van der Waals surface area contributed by atoms with E-state index in [1.165, 1.54) is 18.2 Å². The Labute approximate surface area is 142 Å². The van der Waals surface area contributed by atoms with Crippen molar-refractivity contribution in [2.45, 2.75) is 13.1 Å². The van der Waals surface area contributed by atoms with Gasteiger partial charge in [-0.1, -0.05) is 36.4 Å². The van der Waals surface area contributed by atoms with Crippen molar-refractivity contribution in [2.24, 2.45) is 0 Å². The van der Waals surface area contributed by atoms with Gasteiger partial charge in [-0.15, -0.1) is 0 Å². The Morgan fingerprint density at radius 3 is 1.96 bits per heavy atom. The van der Waals surface area contributed by atoms with E-state index in [9.17, 15) is 13.6 Å². The van der Waals surface area contributed by atoms with Gasteiger partial charge < -0.3 is 10.0 Å². The van der Waals surface area contributed by atoms with Gasteiger partial charge in [0.2, 0.25) is 0 Å². The molecular formula is C18H15F2N3O2. The van der Waals surface area contributed by atoms with Crippen molar-refractivity contribution in [3.63, 3.8) is 0 Å². The number of halogens is 2. The van der Waals surface area contributed by atoms with E-state index >= 15 is 0 Å². The Bertz CT molecular complexity index is 848. The predicted octanol–water partition coefficient (Wildman–Crippen LogP) is 3.59. The molecule has 7 heteroatoms. The van der Waals surface area contributed by atoms with E-state index < -0.39 is 5.97 Å². The van der Waals surface area contributed by atoms with E-state index in [1.54, 1.807) is 41.3 Å². The molecular weight excluding hydrogens is 328 g/mol. The van der Waals surface area contributed by atoms with Gasteiger partial charge in [-0.05, 0) is 12.1 Å². The number of aromatic carboxylic acids is 1.